The number of carbonyl (C=O) groups excluding carboxylic acids is 1. The molecular formula is C13H17ClN2O3. The molecule has 1 saturated heterocycles. The van der Waals surface area contributed by atoms with Crippen LogP contribution in [0.3, 0.4) is 0 Å². The lowest BCUT2D eigenvalue weighted by Crippen LogP contribution is -2.46. The van der Waals surface area contributed by atoms with Gasteiger partial charge in [0.2, 0.25) is 0 Å². The molecule has 1 aromatic rings. The Hall–Kier alpha value is -1.17. The predicted molar refractivity (Wildman–Crippen MR) is 71.4 cm³/mol. The predicted octanol–water partition coefficient (Wildman–Crippen LogP) is 1.13. The summed E-state index contributed by atoms with van der Waals surface area (Å²) in [6, 6.07) is 3.34. The van der Waals surface area contributed by atoms with Crippen LogP contribution in [-0.2, 0) is 11.2 Å². The number of hydrogen-bond acceptors (Lipinski definition) is 4. The first-order valence-electron chi connectivity index (χ1n) is 6.32. The van der Waals surface area contributed by atoms with Gasteiger partial charge >= 0.3 is 0 Å². The van der Waals surface area contributed by atoms with Crippen molar-refractivity contribution in [3.05, 3.63) is 28.5 Å². The number of aryl methyl sites for hydroxylation is 1. The Morgan fingerprint density at radius 3 is 3.11 bits per heavy atom. The lowest BCUT2D eigenvalue weighted by atomic mass is 10.1. The Labute approximate surface area is 117 Å². The van der Waals surface area contributed by atoms with Crippen LogP contribution in [0.5, 0.6) is 0 Å². The zero-order valence-electron chi connectivity index (χ0n) is 10.8. The Morgan fingerprint density at radius 2 is 2.42 bits per heavy atom. The monoisotopic (exact) mass is 284 g/mol. The number of ether oxygens (including phenoxy) is 1. The van der Waals surface area contributed by atoms with Crippen molar-refractivity contribution in [1.82, 2.24) is 9.88 Å². The molecule has 0 bridgehead atoms. The smallest absolute Gasteiger partial charge is 0.254 e. The second kappa shape index (κ2) is 6.32. The van der Waals surface area contributed by atoms with Crippen molar-refractivity contribution in [3.8, 4) is 0 Å². The summed E-state index contributed by atoms with van der Waals surface area (Å²) in [5.74, 6) is -0.0965. The van der Waals surface area contributed by atoms with Gasteiger partial charge in [-0.3, -0.25) is 4.79 Å². The number of rotatable bonds is 3. The van der Waals surface area contributed by atoms with Gasteiger partial charge in [-0.25, -0.2) is 4.98 Å². The molecule has 1 aliphatic rings. The molecule has 104 valence electrons. The van der Waals surface area contributed by atoms with Gasteiger partial charge < -0.3 is 14.7 Å². The molecular weight excluding hydrogens is 268 g/mol. The van der Waals surface area contributed by atoms with E-state index in [-0.39, 0.29) is 18.6 Å². The molecule has 1 aliphatic heterocycles. The van der Waals surface area contributed by atoms with Crippen LogP contribution in [0.25, 0.3) is 0 Å². The normalized spacial score (nSPS) is 19.5. The van der Waals surface area contributed by atoms with Gasteiger partial charge in [-0.2, -0.15) is 0 Å². The van der Waals surface area contributed by atoms with Crippen molar-refractivity contribution in [2.24, 2.45) is 0 Å². The highest BCUT2D eigenvalue weighted by Gasteiger charge is 2.25. The summed E-state index contributed by atoms with van der Waals surface area (Å²) in [6.45, 7) is 3.24. The lowest BCUT2D eigenvalue weighted by molar-refractivity contribution is -0.0447. The highest BCUT2D eigenvalue weighted by Crippen LogP contribution is 2.15. The number of amides is 1. The fourth-order valence-corrected chi connectivity index (χ4v) is 2.28. The molecule has 19 heavy (non-hydrogen) atoms. The molecule has 0 aliphatic carbocycles. The van der Waals surface area contributed by atoms with Gasteiger partial charge in [0.15, 0.2) is 0 Å². The molecule has 0 aromatic carbocycles. The van der Waals surface area contributed by atoms with Crippen molar-refractivity contribution in [1.29, 1.82) is 0 Å². The summed E-state index contributed by atoms with van der Waals surface area (Å²) in [6.07, 6.45) is 0.420. The molecule has 1 N–H and O–H groups in total. The molecule has 1 amide bonds. The largest absolute Gasteiger partial charge is 0.394 e. The van der Waals surface area contributed by atoms with Crippen LogP contribution in [0.2, 0.25) is 5.15 Å². The minimum atomic E-state index is -0.305. The lowest BCUT2D eigenvalue weighted by Gasteiger charge is -2.32. The van der Waals surface area contributed by atoms with Crippen LogP contribution in [0.1, 0.15) is 23.0 Å². The fraction of sp³-hybridized carbons (Fsp3) is 0.538. The quantitative estimate of drug-likeness (QED) is 0.845. The summed E-state index contributed by atoms with van der Waals surface area (Å²) >= 11 is 5.92. The molecule has 2 rings (SSSR count). The molecule has 2 heterocycles. The van der Waals surface area contributed by atoms with E-state index in [0.717, 1.165) is 12.1 Å². The number of aliphatic hydroxyl groups excluding tert-OH is 1. The molecule has 1 fully saturated rings. The zero-order chi connectivity index (χ0) is 13.8. The summed E-state index contributed by atoms with van der Waals surface area (Å²) in [5, 5.41) is 9.42. The molecule has 1 aromatic heterocycles. The van der Waals surface area contributed by atoms with E-state index in [1.807, 2.05) is 6.92 Å². The van der Waals surface area contributed by atoms with Gasteiger partial charge in [0.05, 0.1) is 19.3 Å². The molecule has 0 saturated carbocycles. The molecule has 5 nitrogen and oxygen atoms in total. The molecule has 0 spiro atoms. The van der Waals surface area contributed by atoms with E-state index in [2.05, 4.69) is 4.98 Å². The second-order valence-electron chi connectivity index (χ2n) is 4.45. The number of nitrogens with zero attached hydrogens (tertiary/aromatic N) is 2. The zero-order valence-corrected chi connectivity index (χ0v) is 11.6. The van der Waals surface area contributed by atoms with Crippen LogP contribution in [-0.4, -0.2) is 53.3 Å². The fourth-order valence-electron chi connectivity index (χ4n) is 2.05. The van der Waals surface area contributed by atoms with Gasteiger partial charge in [-0.15, -0.1) is 0 Å². The van der Waals surface area contributed by atoms with Crippen molar-refractivity contribution < 1.29 is 14.6 Å². The average molecular weight is 285 g/mol. The maximum absolute atomic E-state index is 12.4. The van der Waals surface area contributed by atoms with E-state index in [0.29, 0.717) is 30.4 Å². The number of morpholine rings is 1. The van der Waals surface area contributed by atoms with E-state index in [9.17, 15) is 4.79 Å². The van der Waals surface area contributed by atoms with Crippen LogP contribution in [0.4, 0.5) is 0 Å². The number of carbonyl (C=O) groups is 1. The first kappa shape index (κ1) is 14.2. The third-order valence-electron chi connectivity index (χ3n) is 3.09. The number of aliphatic hydroxyl groups is 1. The molecule has 0 radical (unpaired) electrons. The Morgan fingerprint density at radius 1 is 1.63 bits per heavy atom. The standard InChI is InChI=1S/C13H17ClN2O3/c1-2-10-5-9(6-12(14)15-10)13(18)16-3-4-19-11(7-16)8-17/h5-6,11,17H,2-4,7-8H2,1H3. The van der Waals surface area contributed by atoms with Gasteiger partial charge in [0, 0.05) is 24.3 Å². The highest BCUT2D eigenvalue weighted by molar-refractivity contribution is 6.29. The maximum Gasteiger partial charge on any atom is 0.254 e. The van der Waals surface area contributed by atoms with Crippen molar-refractivity contribution in [2.75, 3.05) is 26.3 Å². The van der Waals surface area contributed by atoms with Crippen LogP contribution >= 0.6 is 11.6 Å². The third-order valence-corrected chi connectivity index (χ3v) is 3.28. The Balaban J connectivity index is 2.16. The van der Waals surface area contributed by atoms with Gasteiger partial charge in [-0.1, -0.05) is 18.5 Å². The van der Waals surface area contributed by atoms with E-state index in [1.54, 1.807) is 17.0 Å². The number of hydrogen-bond donors (Lipinski definition) is 1. The van der Waals surface area contributed by atoms with Crippen molar-refractivity contribution in [3.63, 3.8) is 0 Å². The summed E-state index contributed by atoms with van der Waals surface area (Å²) < 4.78 is 5.33. The van der Waals surface area contributed by atoms with Crippen molar-refractivity contribution >= 4 is 17.5 Å². The summed E-state index contributed by atoms with van der Waals surface area (Å²) in [4.78, 5) is 18.2. The summed E-state index contributed by atoms with van der Waals surface area (Å²) in [5.41, 5.74) is 1.33. The minimum absolute atomic E-state index is 0.0823. The van der Waals surface area contributed by atoms with Gasteiger partial charge in [0.1, 0.15) is 5.15 Å². The van der Waals surface area contributed by atoms with Gasteiger partial charge in [0.25, 0.3) is 5.91 Å². The average Bonchev–Trinajstić information content (AvgIpc) is 2.45. The van der Waals surface area contributed by atoms with E-state index >= 15 is 0 Å². The number of pyridine rings is 1. The van der Waals surface area contributed by atoms with E-state index in [1.165, 1.54) is 0 Å². The summed E-state index contributed by atoms with van der Waals surface area (Å²) in [7, 11) is 0. The minimum Gasteiger partial charge on any atom is -0.394 e. The van der Waals surface area contributed by atoms with E-state index < -0.39 is 0 Å². The second-order valence-corrected chi connectivity index (χ2v) is 4.84. The Kier molecular flexibility index (Phi) is 4.74. The molecule has 6 heteroatoms. The van der Waals surface area contributed by atoms with Gasteiger partial charge in [-0.05, 0) is 18.6 Å². The van der Waals surface area contributed by atoms with Crippen LogP contribution < -0.4 is 0 Å². The first-order valence-corrected chi connectivity index (χ1v) is 6.70. The molecule has 1 unspecified atom stereocenters. The van der Waals surface area contributed by atoms with Crippen molar-refractivity contribution in [2.45, 2.75) is 19.4 Å². The number of aromatic nitrogens is 1. The maximum atomic E-state index is 12.4. The van der Waals surface area contributed by atoms with Crippen LogP contribution in [0.15, 0.2) is 12.1 Å². The Bertz CT molecular complexity index is 467. The van der Waals surface area contributed by atoms with Crippen LogP contribution in [0, 0.1) is 0 Å². The SMILES string of the molecule is CCc1cc(C(=O)N2CCOC(CO)C2)cc(Cl)n1. The first-order chi connectivity index (χ1) is 9.13. The third kappa shape index (κ3) is 3.43. The topological polar surface area (TPSA) is 62.7 Å². The molecule has 1 atom stereocenters. The number of halogens is 1. The van der Waals surface area contributed by atoms with E-state index in [4.69, 9.17) is 21.4 Å². The highest BCUT2D eigenvalue weighted by atomic mass is 35.5.